The Kier molecular flexibility index (Phi) is 6.98. The lowest BCUT2D eigenvalue weighted by Gasteiger charge is -2.46. The lowest BCUT2D eigenvalue weighted by Crippen LogP contribution is -2.58. The topological polar surface area (TPSA) is 96.4 Å². The van der Waals surface area contributed by atoms with E-state index in [1.54, 1.807) is 0 Å². The monoisotopic (exact) mass is 488 g/mol. The highest BCUT2D eigenvalue weighted by Crippen LogP contribution is 2.33. The molecular weight excluding hydrogens is 467 g/mol. The summed E-state index contributed by atoms with van der Waals surface area (Å²) in [7, 11) is -4.15. The standard InChI is InChI=1S/C18H21F5N2O6S/c19-13-2-1-12(9-14(13)20)32(28,29)25-7-8-30-17(11-25)3-5-24(6-4-17)16(27)31-15(10-26)18(21,22)23/h1-2,9,15,26H,3-8,10-11H2. The van der Waals surface area contributed by atoms with Crippen LogP contribution in [0.15, 0.2) is 23.1 Å². The second kappa shape index (κ2) is 9.08. The molecule has 0 radical (unpaired) electrons. The van der Waals surface area contributed by atoms with Crippen LogP contribution in [0.25, 0.3) is 0 Å². The fourth-order valence-corrected chi connectivity index (χ4v) is 5.12. The van der Waals surface area contributed by atoms with Gasteiger partial charge in [0.15, 0.2) is 11.6 Å². The summed E-state index contributed by atoms with van der Waals surface area (Å²) >= 11 is 0. The fourth-order valence-electron chi connectivity index (χ4n) is 3.60. The third-order valence-electron chi connectivity index (χ3n) is 5.45. The van der Waals surface area contributed by atoms with Crippen molar-refractivity contribution < 1.29 is 49.7 Å². The van der Waals surface area contributed by atoms with Crippen LogP contribution in [0.4, 0.5) is 26.7 Å². The Morgan fingerprint density at radius 3 is 2.41 bits per heavy atom. The summed E-state index contributed by atoms with van der Waals surface area (Å²) < 4.78 is 102. The third kappa shape index (κ3) is 5.13. The van der Waals surface area contributed by atoms with Gasteiger partial charge in [0.05, 0.1) is 23.7 Å². The Morgan fingerprint density at radius 1 is 1.19 bits per heavy atom. The summed E-state index contributed by atoms with van der Waals surface area (Å²) in [5.74, 6) is -2.49. The minimum absolute atomic E-state index is 0.00795. The van der Waals surface area contributed by atoms with Crippen LogP contribution in [0.3, 0.4) is 0 Å². The van der Waals surface area contributed by atoms with Crippen LogP contribution in [-0.4, -0.2) is 86.1 Å². The molecule has 1 aromatic rings. The number of aliphatic hydroxyl groups excluding tert-OH is 1. The third-order valence-corrected chi connectivity index (χ3v) is 7.29. The number of carbonyl (C=O) groups excluding carboxylic acids is 1. The van der Waals surface area contributed by atoms with Crippen LogP contribution in [0.5, 0.6) is 0 Å². The number of benzene rings is 1. The van der Waals surface area contributed by atoms with Gasteiger partial charge < -0.3 is 19.5 Å². The minimum Gasteiger partial charge on any atom is -0.434 e. The van der Waals surface area contributed by atoms with Crippen LogP contribution >= 0.6 is 0 Å². The van der Waals surface area contributed by atoms with Crippen molar-refractivity contribution in [3.63, 3.8) is 0 Å². The maximum atomic E-state index is 13.5. The van der Waals surface area contributed by atoms with Crippen molar-refractivity contribution in [2.45, 2.75) is 35.6 Å². The number of nitrogens with zero attached hydrogens (tertiary/aromatic N) is 2. The van der Waals surface area contributed by atoms with Crippen LogP contribution < -0.4 is 0 Å². The Bertz CT molecular complexity index is 950. The first-order valence-corrected chi connectivity index (χ1v) is 11.0. The summed E-state index contributed by atoms with van der Waals surface area (Å²) in [6.45, 7) is -1.68. The van der Waals surface area contributed by atoms with E-state index >= 15 is 0 Å². The van der Waals surface area contributed by atoms with Gasteiger partial charge >= 0.3 is 12.3 Å². The maximum absolute atomic E-state index is 13.5. The Morgan fingerprint density at radius 2 is 1.84 bits per heavy atom. The SMILES string of the molecule is O=C(OC(CO)C(F)(F)F)N1CCC2(CC1)CN(S(=O)(=O)c1ccc(F)c(F)c1)CCO2. The lowest BCUT2D eigenvalue weighted by molar-refractivity contribution is -0.215. The largest absolute Gasteiger partial charge is 0.434 e. The van der Waals surface area contributed by atoms with Crippen LogP contribution in [0.2, 0.25) is 0 Å². The summed E-state index contributed by atoms with van der Waals surface area (Å²) in [6.07, 6.45) is -8.58. The number of carbonyl (C=O) groups is 1. The van der Waals surface area contributed by atoms with Gasteiger partial charge in [0, 0.05) is 26.2 Å². The highest BCUT2D eigenvalue weighted by atomic mass is 32.2. The smallest absolute Gasteiger partial charge is 0.427 e. The number of halogens is 5. The number of amides is 1. The number of ether oxygens (including phenoxy) is 2. The number of hydrogen-bond acceptors (Lipinski definition) is 6. The van der Waals surface area contributed by atoms with Gasteiger partial charge in [-0.1, -0.05) is 0 Å². The number of likely N-dealkylation sites (tertiary alicyclic amines) is 1. The molecule has 2 aliphatic rings. The van der Waals surface area contributed by atoms with Gasteiger partial charge in [0.2, 0.25) is 16.1 Å². The van der Waals surface area contributed by atoms with Crippen LogP contribution in [0, 0.1) is 11.6 Å². The molecule has 1 amide bonds. The second-order valence-electron chi connectivity index (χ2n) is 7.53. The van der Waals surface area contributed by atoms with Gasteiger partial charge in [0.1, 0.15) is 0 Å². The molecule has 1 aromatic carbocycles. The van der Waals surface area contributed by atoms with Gasteiger partial charge in [0.25, 0.3) is 0 Å². The fraction of sp³-hybridized carbons (Fsp3) is 0.611. The Labute approximate surface area is 180 Å². The summed E-state index contributed by atoms with van der Waals surface area (Å²) in [6, 6.07) is 2.25. The maximum Gasteiger partial charge on any atom is 0.427 e. The number of hydrogen-bond donors (Lipinski definition) is 1. The van der Waals surface area contributed by atoms with E-state index in [2.05, 4.69) is 4.74 Å². The molecule has 2 aliphatic heterocycles. The Hall–Kier alpha value is -2.03. The molecule has 1 N–H and O–H groups in total. The average Bonchev–Trinajstić information content (AvgIpc) is 2.73. The van der Waals surface area contributed by atoms with E-state index in [-0.39, 0.29) is 45.6 Å². The minimum atomic E-state index is -4.91. The predicted molar refractivity (Wildman–Crippen MR) is 98.0 cm³/mol. The molecule has 1 unspecified atom stereocenters. The average molecular weight is 488 g/mol. The zero-order valence-corrected chi connectivity index (χ0v) is 17.5. The Balaban J connectivity index is 1.65. The van der Waals surface area contributed by atoms with Crippen molar-refractivity contribution >= 4 is 16.1 Å². The van der Waals surface area contributed by atoms with Gasteiger partial charge in [-0.25, -0.2) is 22.0 Å². The van der Waals surface area contributed by atoms with Crippen molar-refractivity contribution in [1.29, 1.82) is 0 Å². The number of sulfonamides is 1. The number of morpholine rings is 1. The molecule has 2 saturated heterocycles. The lowest BCUT2D eigenvalue weighted by atomic mass is 9.90. The van der Waals surface area contributed by atoms with Crippen molar-refractivity contribution in [3.05, 3.63) is 29.8 Å². The number of alkyl halides is 3. The van der Waals surface area contributed by atoms with Crippen molar-refractivity contribution in [1.82, 2.24) is 9.21 Å². The molecule has 2 fully saturated rings. The molecule has 0 bridgehead atoms. The van der Waals surface area contributed by atoms with E-state index < -0.39 is 57.1 Å². The van der Waals surface area contributed by atoms with Gasteiger partial charge in [-0.15, -0.1) is 0 Å². The molecule has 180 valence electrons. The first-order chi connectivity index (χ1) is 14.9. The van der Waals surface area contributed by atoms with E-state index in [0.717, 1.165) is 15.3 Å². The molecule has 0 aliphatic carbocycles. The zero-order chi connectivity index (χ0) is 23.7. The van der Waals surface area contributed by atoms with E-state index in [0.29, 0.717) is 12.1 Å². The van der Waals surface area contributed by atoms with Gasteiger partial charge in [-0.2, -0.15) is 17.5 Å². The van der Waals surface area contributed by atoms with Crippen LogP contribution in [-0.2, 0) is 19.5 Å². The van der Waals surface area contributed by atoms with Gasteiger partial charge in [-0.05, 0) is 31.0 Å². The summed E-state index contributed by atoms with van der Waals surface area (Å²) in [5, 5.41) is 8.80. The molecule has 0 saturated carbocycles. The molecule has 14 heteroatoms. The van der Waals surface area contributed by atoms with Gasteiger partial charge in [-0.3, -0.25) is 0 Å². The molecule has 32 heavy (non-hydrogen) atoms. The first-order valence-electron chi connectivity index (χ1n) is 9.60. The predicted octanol–water partition coefficient (Wildman–Crippen LogP) is 1.88. The van der Waals surface area contributed by atoms with E-state index in [9.17, 15) is 35.2 Å². The van der Waals surface area contributed by atoms with Crippen molar-refractivity contribution in [2.24, 2.45) is 0 Å². The van der Waals surface area contributed by atoms with Crippen molar-refractivity contribution in [2.75, 3.05) is 39.4 Å². The molecule has 0 aromatic heterocycles. The first kappa shape index (κ1) is 24.6. The van der Waals surface area contributed by atoms with Crippen molar-refractivity contribution in [3.8, 4) is 0 Å². The molecule has 3 rings (SSSR count). The molecule has 2 heterocycles. The van der Waals surface area contributed by atoms with E-state index in [1.165, 1.54) is 0 Å². The normalized spacial score (nSPS) is 20.9. The highest BCUT2D eigenvalue weighted by Gasteiger charge is 2.46. The molecule has 1 atom stereocenters. The number of rotatable bonds is 4. The van der Waals surface area contributed by atoms with E-state index in [1.807, 2.05) is 0 Å². The highest BCUT2D eigenvalue weighted by molar-refractivity contribution is 7.89. The summed E-state index contributed by atoms with van der Waals surface area (Å²) in [5.41, 5.74) is -0.999. The molecular formula is C18H21F5N2O6S. The van der Waals surface area contributed by atoms with Crippen LogP contribution in [0.1, 0.15) is 12.8 Å². The second-order valence-corrected chi connectivity index (χ2v) is 9.47. The zero-order valence-electron chi connectivity index (χ0n) is 16.6. The quantitative estimate of drug-likeness (QED) is 0.651. The molecule has 8 nitrogen and oxygen atoms in total. The summed E-state index contributed by atoms with van der Waals surface area (Å²) in [4.78, 5) is 12.6. The van der Waals surface area contributed by atoms with E-state index in [4.69, 9.17) is 9.84 Å². The number of piperidine rings is 1. The molecule has 1 spiro atoms. The number of aliphatic hydroxyl groups is 1.